The summed E-state index contributed by atoms with van der Waals surface area (Å²) in [4.78, 5) is 18.3. The summed E-state index contributed by atoms with van der Waals surface area (Å²) < 4.78 is 14.8. The molecular formula is C26H18BrN3O3S. The molecule has 0 amide bonds. The van der Waals surface area contributed by atoms with Crippen LogP contribution in [0, 0.1) is 11.3 Å². The first-order chi connectivity index (χ1) is 16.6. The van der Waals surface area contributed by atoms with E-state index in [2.05, 4.69) is 27.0 Å². The maximum atomic E-state index is 13.1. The Morgan fingerprint density at radius 2 is 1.94 bits per heavy atom. The predicted molar refractivity (Wildman–Crippen MR) is 136 cm³/mol. The lowest BCUT2D eigenvalue weighted by molar-refractivity contribution is 0.267. The molecule has 0 radical (unpaired) electrons. The number of nitrogens with zero attached hydrogens (tertiary/aromatic N) is 3. The highest BCUT2D eigenvalue weighted by molar-refractivity contribution is 9.10. The average molecular weight is 532 g/mol. The summed E-state index contributed by atoms with van der Waals surface area (Å²) in [5.41, 5.74) is 3.66. The number of imidazole rings is 1. The minimum Gasteiger partial charge on any atom is -0.490 e. The monoisotopic (exact) mass is 531 g/mol. The topological polar surface area (TPSA) is 76.6 Å². The first-order valence-electron chi connectivity index (χ1n) is 10.6. The van der Waals surface area contributed by atoms with E-state index in [9.17, 15) is 10.1 Å². The first-order valence-corrected chi connectivity index (χ1v) is 12.2. The summed E-state index contributed by atoms with van der Waals surface area (Å²) >= 11 is 4.94. The van der Waals surface area contributed by atoms with Crippen LogP contribution in [-0.4, -0.2) is 16.0 Å². The molecule has 5 rings (SSSR count). The molecule has 0 spiro atoms. The second-order valence-electron chi connectivity index (χ2n) is 7.45. The van der Waals surface area contributed by atoms with Crippen LogP contribution in [0.3, 0.4) is 0 Å². The molecule has 168 valence electrons. The summed E-state index contributed by atoms with van der Waals surface area (Å²) in [6.45, 7) is 2.58. The second kappa shape index (κ2) is 9.29. The number of para-hydroxylation sites is 2. The summed E-state index contributed by atoms with van der Waals surface area (Å²) in [7, 11) is 0. The number of thiazole rings is 1. The highest BCUT2D eigenvalue weighted by Gasteiger charge is 2.15. The molecule has 0 aliphatic carbocycles. The third-order valence-electron chi connectivity index (χ3n) is 5.28. The van der Waals surface area contributed by atoms with Crippen LogP contribution in [-0.2, 0) is 6.61 Å². The molecule has 2 heterocycles. The minimum absolute atomic E-state index is 0.101. The van der Waals surface area contributed by atoms with E-state index in [4.69, 9.17) is 9.47 Å². The maximum Gasteiger partial charge on any atom is 0.274 e. The number of nitriles is 1. The molecule has 0 N–H and O–H groups in total. The van der Waals surface area contributed by atoms with E-state index in [-0.39, 0.29) is 12.2 Å². The van der Waals surface area contributed by atoms with Crippen molar-refractivity contribution in [3.63, 3.8) is 0 Å². The Morgan fingerprint density at radius 3 is 2.76 bits per heavy atom. The van der Waals surface area contributed by atoms with Gasteiger partial charge in [0.2, 0.25) is 0 Å². The Bertz CT molecular complexity index is 1680. The van der Waals surface area contributed by atoms with Gasteiger partial charge in [0.15, 0.2) is 16.5 Å². The quantitative estimate of drug-likeness (QED) is 0.305. The molecule has 3 aromatic carbocycles. The third kappa shape index (κ3) is 4.04. The van der Waals surface area contributed by atoms with Crippen LogP contribution in [0.25, 0.3) is 22.1 Å². The van der Waals surface area contributed by atoms with E-state index in [1.807, 2.05) is 67.6 Å². The van der Waals surface area contributed by atoms with E-state index >= 15 is 0 Å². The van der Waals surface area contributed by atoms with Crippen molar-refractivity contribution in [1.29, 1.82) is 5.26 Å². The molecule has 2 aromatic heterocycles. The Kier molecular flexibility index (Phi) is 6.05. The standard InChI is InChI=1S/C26H18BrN3O3S/c1-2-32-22-12-16(11-19(27)24(22)33-15-18-8-4-3-7-17(18)14-28)13-23-25(31)30-21-10-6-5-9-20(21)29-26(30)34-23/h3-13H,2,15H2,1H3/b23-13-. The average Bonchev–Trinajstić information content (AvgIpc) is 3.35. The first kappa shape index (κ1) is 22.1. The van der Waals surface area contributed by atoms with Crippen LogP contribution in [0.2, 0.25) is 0 Å². The number of fused-ring (bicyclic) bond motifs is 3. The fourth-order valence-electron chi connectivity index (χ4n) is 3.74. The SMILES string of the molecule is CCOc1cc(/C=c2\sc3nc4ccccc4n3c2=O)cc(Br)c1OCc1ccccc1C#N. The molecule has 8 heteroatoms. The normalized spacial score (nSPS) is 11.7. The minimum atomic E-state index is -0.101. The van der Waals surface area contributed by atoms with Gasteiger partial charge in [-0.05, 0) is 64.8 Å². The van der Waals surface area contributed by atoms with Crippen molar-refractivity contribution in [3.8, 4) is 17.6 Å². The fourth-order valence-corrected chi connectivity index (χ4v) is 5.30. The van der Waals surface area contributed by atoms with Gasteiger partial charge < -0.3 is 9.47 Å². The lowest BCUT2D eigenvalue weighted by atomic mass is 10.1. The highest BCUT2D eigenvalue weighted by Crippen LogP contribution is 2.38. The number of hydrogen-bond donors (Lipinski definition) is 0. The molecule has 5 aromatic rings. The van der Waals surface area contributed by atoms with Crippen LogP contribution >= 0.6 is 27.3 Å². The van der Waals surface area contributed by atoms with Gasteiger partial charge in [-0.3, -0.25) is 4.79 Å². The van der Waals surface area contributed by atoms with Gasteiger partial charge in [0.1, 0.15) is 6.61 Å². The van der Waals surface area contributed by atoms with Crippen molar-refractivity contribution in [3.05, 3.63) is 96.7 Å². The number of benzene rings is 3. The molecule has 34 heavy (non-hydrogen) atoms. The number of halogens is 1. The molecule has 0 aliphatic heterocycles. The lowest BCUT2D eigenvalue weighted by Gasteiger charge is -2.15. The zero-order valence-corrected chi connectivity index (χ0v) is 20.5. The van der Waals surface area contributed by atoms with E-state index in [0.717, 1.165) is 22.2 Å². The summed E-state index contributed by atoms with van der Waals surface area (Å²) in [6.07, 6.45) is 1.83. The molecule has 6 nitrogen and oxygen atoms in total. The van der Waals surface area contributed by atoms with Crippen molar-refractivity contribution in [2.75, 3.05) is 6.61 Å². The largest absolute Gasteiger partial charge is 0.490 e. The Morgan fingerprint density at radius 1 is 1.15 bits per heavy atom. The fraction of sp³-hybridized carbons (Fsp3) is 0.115. The van der Waals surface area contributed by atoms with Crippen molar-refractivity contribution >= 4 is 49.3 Å². The zero-order chi connectivity index (χ0) is 23.7. The van der Waals surface area contributed by atoms with Crippen molar-refractivity contribution in [1.82, 2.24) is 9.38 Å². The number of ether oxygens (including phenoxy) is 2. The van der Waals surface area contributed by atoms with Gasteiger partial charge in [0.05, 0.1) is 38.3 Å². The Hall–Kier alpha value is -3.67. The molecule has 0 bridgehead atoms. The Balaban J connectivity index is 1.53. The summed E-state index contributed by atoms with van der Waals surface area (Å²) in [5.74, 6) is 1.10. The smallest absolute Gasteiger partial charge is 0.274 e. The van der Waals surface area contributed by atoms with Crippen LogP contribution in [0.4, 0.5) is 0 Å². The van der Waals surface area contributed by atoms with E-state index in [1.165, 1.54) is 11.3 Å². The highest BCUT2D eigenvalue weighted by atomic mass is 79.9. The van der Waals surface area contributed by atoms with Crippen LogP contribution in [0.5, 0.6) is 11.5 Å². The Labute approximate surface area is 207 Å². The number of rotatable bonds is 6. The zero-order valence-electron chi connectivity index (χ0n) is 18.1. The predicted octanol–water partition coefficient (Wildman–Crippen LogP) is 5.07. The molecule has 0 unspecified atom stereocenters. The van der Waals surface area contributed by atoms with Crippen molar-refractivity contribution in [2.24, 2.45) is 0 Å². The van der Waals surface area contributed by atoms with E-state index in [1.54, 1.807) is 10.5 Å². The second-order valence-corrected chi connectivity index (χ2v) is 9.32. The maximum absolute atomic E-state index is 13.1. The van der Waals surface area contributed by atoms with Crippen molar-refractivity contribution < 1.29 is 9.47 Å². The molecule has 0 aliphatic rings. The number of hydrogen-bond acceptors (Lipinski definition) is 6. The summed E-state index contributed by atoms with van der Waals surface area (Å²) in [5, 5.41) is 9.33. The lowest BCUT2D eigenvalue weighted by Crippen LogP contribution is -2.22. The molecular weight excluding hydrogens is 514 g/mol. The molecule has 0 atom stereocenters. The van der Waals surface area contributed by atoms with E-state index < -0.39 is 0 Å². The number of aromatic nitrogens is 2. The van der Waals surface area contributed by atoms with E-state index in [0.29, 0.717) is 37.6 Å². The van der Waals surface area contributed by atoms with Gasteiger partial charge in [-0.2, -0.15) is 5.26 Å². The van der Waals surface area contributed by atoms with Gasteiger partial charge in [-0.25, -0.2) is 9.38 Å². The van der Waals surface area contributed by atoms with Crippen molar-refractivity contribution in [2.45, 2.75) is 13.5 Å². The molecule has 0 saturated carbocycles. The van der Waals surface area contributed by atoms with Gasteiger partial charge >= 0.3 is 0 Å². The van der Waals surface area contributed by atoms with Gasteiger partial charge in [-0.15, -0.1) is 0 Å². The summed E-state index contributed by atoms with van der Waals surface area (Å²) in [6, 6.07) is 20.8. The van der Waals surface area contributed by atoms with Gasteiger partial charge in [-0.1, -0.05) is 41.7 Å². The van der Waals surface area contributed by atoms with Gasteiger partial charge in [0, 0.05) is 5.56 Å². The molecule has 0 fully saturated rings. The molecule has 0 saturated heterocycles. The third-order valence-corrected chi connectivity index (χ3v) is 6.84. The van der Waals surface area contributed by atoms with Crippen LogP contribution < -0.4 is 19.6 Å². The van der Waals surface area contributed by atoms with Crippen LogP contribution in [0.15, 0.2) is 69.9 Å². The van der Waals surface area contributed by atoms with Gasteiger partial charge in [0.25, 0.3) is 5.56 Å². The van der Waals surface area contributed by atoms with Crippen LogP contribution in [0.1, 0.15) is 23.6 Å².